The van der Waals surface area contributed by atoms with Gasteiger partial charge in [-0.15, -0.1) is 0 Å². The summed E-state index contributed by atoms with van der Waals surface area (Å²) in [4.78, 5) is 17.4. The largest absolute Gasteiger partial charge is 0.457 e. The molecule has 0 aliphatic carbocycles. The van der Waals surface area contributed by atoms with E-state index in [0.717, 1.165) is 51.4 Å². The summed E-state index contributed by atoms with van der Waals surface area (Å²) in [5.74, 6) is 1.57. The quantitative estimate of drug-likeness (QED) is 0.920. The van der Waals surface area contributed by atoms with E-state index < -0.39 is 0 Å². The number of carbonyl (C=O) groups is 1. The van der Waals surface area contributed by atoms with Gasteiger partial charge in [-0.3, -0.25) is 9.69 Å². The number of hydrogen-bond donors (Lipinski definition) is 1. The molecule has 2 aromatic rings. The first kappa shape index (κ1) is 17.1. The molecule has 2 saturated heterocycles. The standard InChI is InChI=1S/C21H25N3O2/c25-21(24-12-9-18(16-24)23-13-10-22-11-14-23)17-5-4-8-20(15-17)26-19-6-2-1-3-7-19/h1-8,15,18,22H,9-14,16H2. The topological polar surface area (TPSA) is 44.8 Å². The van der Waals surface area contributed by atoms with Gasteiger partial charge in [-0.25, -0.2) is 0 Å². The summed E-state index contributed by atoms with van der Waals surface area (Å²) in [6.45, 7) is 5.90. The molecule has 1 amide bonds. The summed E-state index contributed by atoms with van der Waals surface area (Å²) < 4.78 is 5.86. The summed E-state index contributed by atoms with van der Waals surface area (Å²) in [6.07, 6.45) is 1.06. The third-order valence-corrected chi connectivity index (χ3v) is 5.18. The van der Waals surface area contributed by atoms with E-state index in [-0.39, 0.29) is 5.91 Å². The smallest absolute Gasteiger partial charge is 0.254 e. The van der Waals surface area contributed by atoms with Gasteiger partial charge >= 0.3 is 0 Å². The van der Waals surface area contributed by atoms with Crippen LogP contribution >= 0.6 is 0 Å². The molecular formula is C21H25N3O2. The molecule has 0 saturated carbocycles. The second-order valence-electron chi connectivity index (χ2n) is 6.92. The van der Waals surface area contributed by atoms with E-state index in [9.17, 15) is 4.79 Å². The highest BCUT2D eigenvalue weighted by atomic mass is 16.5. The molecule has 2 aliphatic heterocycles. The zero-order valence-electron chi connectivity index (χ0n) is 14.9. The van der Waals surface area contributed by atoms with Crippen molar-refractivity contribution in [2.75, 3.05) is 39.3 Å². The van der Waals surface area contributed by atoms with E-state index in [0.29, 0.717) is 17.4 Å². The first-order chi connectivity index (χ1) is 12.8. The Morgan fingerprint density at radius 1 is 0.962 bits per heavy atom. The van der Waals surface area contributed by atoms with Gasteiger partial charge in [-0.2, -0.15) is 0 Å². The molecule has 0 spiro atoms. The van der Waals surface area contributed by atoms with Gasteiger partial charge in [-0.1, -0.05) is 24.3 Å². The molecule has 1 N–H and O–H groups in total. The van der Waals surface area contributed by atoms with Gasteiger partial charge in [0.25, 0.3) is 5.91 Å². The molecule has 26 heavy (non-hydrogen) atoms. The zero-order valence-corrected chi connectivity index (χ0v) is 14.9. The van der Waals surface area contributed by atoms with Crippen LogP contribution in [0.4, 0.5) is 0 Å². The van der Waals surface area contributed by atoms with E-state index in [1.54, 1.807) is 0 Å². The number of nitrogens with zero attached hydrogens (tertiary/aromatic N) is 2. The number of nitrogens with one attached hydrogen (secondary N) is 1. The first-order valence-electron chi connectivity index (χ1n) is 9.36. The van der Waals surface area contributed by atoms with E-state index in [4.69, 9.17) is 4.74 Å². The van der Waals surface area contributed by atoms with E-state index in [1.807, 2.05) is 59.5 Å². The molecule has 0 radical (unpaired) electrons. The Balaban J connectivity index is 1.41. The normalized spacial score (nSPS) is 20.9. The van der Waals surface area contributed by atoms with Crippen molar-refractivity contribution in [2.24, 2.45) is 0 Å². The van der Waals surface area contributed by atoms with Crippen LogP contribution in [0.1, 0.15) is 16.8 Å². The number of piperazine rings is 1. The lowest BCUT2D eigenvalue weighted by Gasteiger charge is -2.32. The van der Waals surface area contributed by atoms with Crippen LogP contribution < -0.4 is 10.1 Å². The third-order valence-electron chi connectivity index (χ3n) is 5.18. The zero-order chi connectivity index (χ0) is 17.8. The number of likely N-dealkylation sites (tertiary alicyclic amines) is 1. The number of rotatable bonds is 4. The summed E-state index contributed by atoms with van der Waals surface area (Å²) in [7, 11) is 0. The minimum atomic E-state index is 0.0983. The predicted molar refractivity (Wildman–Crippen MR) is 102 cm³/mol. The molecule has 136 valence electrons. The highest BCUT2D eigenvalue weighted by Crippen LogP contribution is 2.24. The highest BCUT2D eigenvalue weighted by molar-refractivity contribution is 5.94. The number of para-hydroxylation sites is 1. The molecule has 0 aromatic heterocycles. The summed E-state index contributed by atoms with van der Waals surface area (Å²) in [6, 6.07) is 17.6. The fourth-order valence-electron chi connectivity index (χ4n) is 3.77. The van der Waals surface area contributed by atoms with Crippen molar-refractivity contribution in [3.63, 3.8) is 0 Å². The Kier molecular flexibility index (Phi) is 5.18. The molecule has 5 nitrogen and oxygen atoms in total. The van der Waals surface area contributed by atoms with Crippen LogP contribution in [0.3, 0.4) is 0 Å². The molecule has 2 aliphatic rings. The second kappa shape index (κ2) is 7.89. The number of ether oxygens (including phenoxy) is 1. The second-order valence-corrected chi connectivity index (χ2v) is 6.92. The third kappa shape index (κ3) is 3.89. The van der Waals surface area contributed by atoms with Crippen molar-refractivity contribution >= 4 is 5.91 Å². The lowest BCUT2D eigenvalue weighted by molar-refractivity contribution is 0.0773. The maximum atomic E-state index is 12.9. The van der Waals surface area contributed by atoms with Gasteiger partial charge in [0, 0.05) is 50.9 Å². The van der Waals surface area contributed by atoms with Crippen LogP contribution in [-0.4, -0.2) is 61.0 Å². The van der Waals surface area contributed by atoms with Crippen LogP contribution in [0.25, 0.3) is 0 Å². The number of amides is 1. The van der Waals surface area contributed by atoms with Crippen LogP contribution in [0.2, 0.25) is 0 Å². The summed E-state index contributed by atoms with van der Waals surface area (Å²) in [5.41, 5.74) is 0.694. The van der Waals surface area contributed by atoms with E-state index >= 15 is 0 Å². The van der Waals surface area contributed by atoms with E-state index in [2.05, 4.69) is 10.2 Å². The van der Waals surface area contributed by atoms with Gasteiger partial charge in [0.05, 0.1) is 0 Å². The van der Waals surface area contributed by atoms with Crippen molar-refractivity contribution in [1.82, 2.24) is 15.1 Å². The van der Waals surface area contributed by atoms with Gasteiger partial charge < -0.3 is 15.0 Å². The Morgan fingerprint density at radius 2 is 1.73 bits per heavy atom. The van der Waals surface area contributed by atoms with Crippen molar-refractivity contribution < 1.29 is 9.53 Å². The van der Waals surface area contributed by atoms with Crippen molar-refractivity contribution in [3.05, 3.63) is 60.2 Å². The van der Waals surface area contributed by atoms with Crippen LogP contribution in [0, 0.1) is 0 Å². The van der Waals surface area contributed by atoms with Crippen molar-refractivity contribution in [3.8, 4) is 11.5 Å². The van der Waals surface area contributed by atoms with Crippen LogP contribution in [0.5, 0.6) is 11.5 Å². The number of hydrogen-bond acceptors (Lipinski definition) is 4. The summed E-state index contributed by atoms with van der Waals surface area (Å²) >= 11 is 0. The SMILES string of the molecule is O=C(c1cccc(Oc2ccccc2)c1)N1CCC(N2CCNCC2)C1. The first-order valence-corrected chi connectivity index (χ1v) is 9.36. The highest BCUT2D eigenvalue weighted by Gasteiger charge is 2.31. The molecule has 4 rings (SSSR count). The molecule has 1 atom stereocenters. The molecule has 0 bridgehead atoms. The Hall–Kier alpha value is -2.37. The fourth-order valence-corrected chi connectivity index (χ4v) is 3.77. The van der Waals surface area contributed by atoms with E-state index in [1.165, 1.54) is 0 Å². The molecule has 2 aromatic carbocycles. The number of carbonyl (C=O) groups excluding carboxylic acids is 1. The van der Waals surface area contributed by atoms with Crippen LogP contribution in [-0.2, 0) is 0 Å². The van der Waals surface area contributed by atoms with Gasteiger partial charge in [0.2, 0.25) is 0 Å². The van der Waals surface area contributed by atoms with Gasteiger partial charge in [0.1, 0.15) is 11.5 Å². The van der Waals surface area contributed by atoms with Crippen molar-refractivity contribution in [1.29, 1.82) is 0 Å². The molecule has 1 unspecified atom stereocenters. The summed E-state index contributed by atoms with van der Waals surface area (Å²) in [5, 5.41) is 3.39. The fraction of sp³-hybridized carbons (Fsp3) is 0.381. The molecule has 2 fully saturated rings. The maximum Gasteiger partial charge on any atom is 0.254 e. The van der Waals surface area contributed by atoms with Crippen LogP contribution in [0.15, 0.2) is 54.6 Å². The average Bonchev–Trinajstić information content (AvgIpc) is 3.19. The lowest BCUT2D eigenvalue weighted by atomic mass is 10.2. The Bertz CT molecular complexity index is 744. The Labute approximate surface area is 154 Å². The molecular weight excluding hydrogens is 326 g/mol. The average molecular weight is 351 g/mol. The molecule has 5 heteroatoms. The Morgan fingerprint density at radius 3 is 2.54 bits per heavy atom. The monoisotopic (exact) mass is 351 g/mol. The van der Waals surface area contributed by atoms with Gasteiger partial charge in [-0.05, 0) is 36.8 Å². The van der Waals surface area contributed by atoms with Crippen molar-refractivity contribution in [2.45, 2.75) is 12.5 Å². The van der Waals surface area contributed by atoms with Gasteiger partial charge in [0.15, 0.2) is 0 Å². The molecule has 2 heterocycles. The lowest BCUT2D eigenvalue weighted by Crippen LogP contribution is -2.49. The maximum absolute atomic E-state index is 12.9. The predicted octanol–water partition coefficient (Wildman–Crippen LogP) is 2.60. The number of benzene rings is 2. The minimum Gasteiger partial charge on any atom is -0.457 e. The minimum absolute atomic E-state index is 0.0983.